The number of carboxylic acid groups (broad SMARTS) is 1. The Labute approximate surface area is 101 Å². The van der Waals surface area contributed by atoms with Gasteiger partial charge in [-0.05, 0) is 5.92 Å². The summed E-state index contributed by atoms with van der Waals surface area (Å²) in [5, 5.41) is 8.85. The van der Waals surface area contributed by atoms with Crippen LogP contribution >= 0.6 is 0 Å². The number of hydrogen-bond donors (Lipinski definition) is 1. The van der Waals surface area contributed by atoms with Crippen molar-refractivity contribution in [2.45, 2.75) is 40.2 Å². The molecular formula is C12H19NO4. The molecule has 0 spiro atoms. The molecule has 1 N–H and O–H groups in total. The summed E-state index contributed by atoms with van der Waals surface area (Å²) < 4.78 is 0. The van der Waals surface area contributed by atoms with Gasteiger partial charge in [0.15, 0.2) is 0 Å². The lowest BCUT2D eigenvalue weighted by molar-refractivity contribution is -0.146. The first-order valence-corrected chi connectivity index (χ1v) is 5.86. The highest BCUT2D eigenvalue weighted by Gasteiger charge is 2.46. The first-order valence-electron chi connectivity index (χ1n) is 5.86. The predicted octanol–water partition coefficient (Wildman–Crippen LogP) is 1.13. The largest absolute Gasteiger partial charge is 0.481 e. The number of imide groups is 1. The normalized spacial score (nSPS) is 26.8. The summed E-state index contributed by atoms with van der Waals surface area (Å²) >= 11 is 0. The zero-order valence-electron chi connectivity index (χ0n) is 10.6. The Kier molecular flexibility index (Phi) is 3.91. The van der Waals surface area contributed by atoms with E-state index in [-0.39, 0.29) is 36.0 Å². The van der Waals surface area contributed by atoms with E-state index in [4.69, 9.17) is 5.11 Å². The molecule has 3 atom stereocenters. The fourth-order valence-corrected chi connectivity index (χ4v) is 2.11. The van der Waals surface area contributed by atoms with Crippen molar-refractivity contribution in [1.29, 1.82) is 0 Å². The lowest BCUT2D eigenvalue weighted by Gasteiger charge is -2.28. The molecule has 0 aromatic heterocycles. The van der Waals surface area contributed by atoms with Gasteiger partial charge in [-0.1, -0.05) is 27.7 Å². The molecule has 1 aliphatic heterocycles. The van der Waals surface area contributed by atoms with Crippen LogP contribution in [0, 0.1) is 17.8 Å². The molecule has 0 aromatic carbocycles. The maximum Gasteiger partial charge on any atom is 0.305 e. The Hall–Kier alpha value is -1.39. The zero-order chi connectivity index (χ0) is 13.3. The maximum atomic E-state index is 12.0. The van der Waals surface area contributed by atoms with Gasteiger partial charge in [0.25, 0.3) is 0 Å². The molecule has 0 saturated carbocycles. The minimum atomic E-state index is -0.989. The fourth-order valence-electron chi connectivity index (χ4n) is 2.11. The molecule has 1 aliphatic rings. The molecule has 3 unspecified atom stereocenters. The molecule has 2 amide bonds. The Morgan fingerprint density at radius 1 is 1.24 bits per heavy atom. The number of carbonyl (C=O) groups is 3. The van der Waals surface area contributed by atoms with E-state index in [1.807, 2.05) is 13.8 Å². The first kappa shape index (κ1) is 13.7. The van der Waals surface area contributed by atoms with Crippen molar-refractivity contribution in [3.05, 3.63) is 0 Å². The van der Waals surface area contributed by atoms with E-state index in [1.54, 1.807) is 13.8 Å². The number of rotatable bonds is 4. The molecular weight excluding hydrogens is 222 g/mol. The van der Waals surface area contributed by atoms with Gasteiger partial charge >= 0.3 is 5.97 Å². The fraction of sp³-hybridized carbons (Fsp3) is 0.750. The number of amides is 2. The topological polar surface area (TPSA) is 74.7 Å². The van der Waals surface area contributed by atoms with Crippen LogP contribution in [0.1, 0.15) is 34.1 Å². The van der Waals surface area contributed by atoms with Gasteiger partial charge in [-0.3, -0.25) is 19.3 Å². The Balaban J connectivity index is 2.99. The summed E-state index contributed by atoms with van der Waals surface area (Å²) in [4.78, 5) is 35.9. The number of hydrogen-bond acceptors (Lipinski definition) is 3. The third-order valence-electron chi connectivity index (χ3n) is 3.49. The summed E-state index contributed by atoms with van der Waals surface area (Å²) in [6.45, 7) is 7.07. The summed E-state index contributed by atoms with van der Waals surface area (Å²) in [5.74, 6) is -2.24. The molecule has 5 heteroatoms. The van der Waals surface area contributed by atoms with Crippen LogP contribution in [0.2, 0.25) is 0 Å². The Bertz CT molecular complexity index is 330. The highest BCUT2D eigenvalue weighted by Crippen LogP contribution is 2.30. The van der Waals surface area contributed by atoms with Crippen molar-refractivity contribution < 1.29 is 19.5 Å². The molecule has 96 valence electrons. The number of likely N-dealkylation sites (tertiary alicyclic amines) is 1. The van der Waals surface area contributed by atoms with Crippen LogP contribution in [0.3, 0.4) is 0 Å². The van der Waals surface area contributed by atoms with Gasteiger partial charge in [0.1, 0.15) is 0 Å². The lowest BCUT2D eigenvalue weighted by atomic mass is 9.99. The minimum absolute atomic E-state index is 0.0588. The monoisotopic (exact) mass is 241 g/mol. The van der Waals surface area contributed by atoms with Crippen molar-refractivity contribution in [3.8, 4) is 0 Å². The number of nitrogens with zero attached hydrogens (tertiary/aromatic N) is 1. The highest BCUT2D eigenvalue weighted by molar-refractivity contribution is 6.05. The average molecular weight is 241 g/mol. The molecule has 0 radical (unpaired) electrons. The average Bonchev–Trinajstić information content (AvgIpc) is 2.40. The molecule has 0 bridgehead atoms. The predicted molar refractivity (Wildman–Crippen MR) is 61.1 cm³/mol. The van der Waals surface area contributed by atoms with Crippen LogP contribution in [0.25, 0.3) is 0 Å². The third-order valence-corrected chi connectivity index (χ3v) is 3.49. The smallest absolute Gasteiger partial charge is 0.305 e. The van der Waals surface area contributed by atoms with Crippen LogP contribution in [-0.2, 0) is 14.4 Å². The van der Waals surface area contributed by atoms with E-state index >= 15 is 0 Å². The van der Waals surface area contributed by atoms with Gasteiger partial charge < -0.3 is 5.11 Å². The van der Waals surface area contributed by atoms with E-state index in [0.717, 1.165) is 4.90 Å². The van der Waals surface area contributed by atoms with E-state index in [0.29, 0.717) is 0 Å². The van der Waals surface area contributed by atoms with Gasteiger partial charge in [-0.2, -0.15) is 0 Å². The van der Waals surface area contributed by atoms with Crippen LogP contribution in [-0.4, -0.2) is 33.8 Å². The zero-order valence-corrected chi connectivity index (χ0v) is 10.6. The number of carbonyl (C=O) groups excluding carboxylic acids is 2. The van der Waals surface area contributed by atoms with E-state index in [9.17, 15) is 14.4 Å². The number of carboxylic acids is 1. The van der Waals surface area contributed by atoms with Crippen molar-refractivity contribution in [2.75, 3.05) is 0 Å². The van der Waals surface area contributed by atoms with Crippen LogP contribution in [0.5, 0.6) is 0 Å². The quantitative estimate of drug-likeness (QED) is 0.748. The molecule has 17 heavy (non-hydrogen) atoms. The summed E-state index contributed by atoms with van der Waals surface area (Å²) in [5.41, 5.74) is 0. The van der Waals surface area contributed by atoms with Crippen LogP contribution in [0.4, 0.5) is 0 Å². The minimum Gasteiger partial charge on any atom is -0.481 e. The van der Waals surface area contributed by atoms with Gasteiger partial charge in [-0.15, -0.1) is 0 Å². The van der Waals surface area contributed by atoms with Gasteiger partial charge in [0.2, 0.25) is 11.8 Å². The Morgan fingerprint density at radius 3 is 1.94 bits per heavy atom. The molecule has 1 fully saturated rings. The summed E-state index contributed by atoms with van der Waals surface area (Å²) in [7, 11) is 0. The molecule has 0 aromatic rings. The van der Waals surface area contributed by atoms with E-state index in [2.05, 4.69) is 0 Å². The van der Waals surface area contributed by atoms with Crippen LogP contribution < -0.4 is 0 Å². The second-order valence-electron chi connectivity index (χ2n) is 5.03. The standard InChI is InChI=1S/C12H19NO4/c1-6(2)9(5-10(14)15)13-11(16)7(3)8(4)12(13)17/h6-9H,5H2,1-4H3,(H,14,15). The summed E-state index contributed by atoms with van der Waals surface area (Å²) in [6, 6.07) is -0.542. The Morgan fingerprint density at radius 2 is 1.65 bits per heavy atom. The lowest BCUT2D eigenvalue weighted by Crippen LogP contribution is -2.44. The van der Waals surface area contributed by atoms with Crippen LogP contribution in [0.15, 0.2) is 0 Å². The van der Waals surface area contributed by atoms with Gasteiger partial charge in [0.05, 0.1) is 12.5 Å². The number of aliphatic carboxylic acids is 1. The van der Waals surface area contributed by atoms with E-state index < -0.39 is 12.0 Å². The second kappa shape index (κ2) is 4.85. The molecule has 5 nitrogen and oxygen atoms in total. The van der Waals surface area contributed by atoms with Crippen molar-refractivity contribution >= 4 is 17.8 Å². The maximum absolute atomic E-state index is 12.0. The van der Waals surface area contributed by atoms with Crippen molar-refractivity contribution in [1.82, 2.24) is 4.90 Å². The van der Waals surface area contributed by atoms with E-state index in [1.165, 1.54) is 0 Å². The van der Waals surface area contributed by atoms with Gasteiger partial charge in [0, 0.05) is 11.8 Å². The molecule has 1 saturated heterocycles. The van der Waals surface area contributed by atoms with Gasteiger partial charge in [-0.25, -0.2) is 0 Å². The molecule has 1 heterocycles. The SMILES string of the molecule is CC(C)C(CC(=O)O)N1C(=O)C(C)C(C)C1=O. The third kappa shape index (κ3) is 2.48. The molecule has 0 aliphatic carbocycles. The van der Waals surface area contributed by atoms with Crippen molar-refractivity contribution in [2.24, 2.45) is 17.8 Å². The highest BCUT2D eigenvalue weighted by atomic mass is 16.4. The summed E-state index contributed by atoms with van der Waals surface area (Å²) in [6.07, 6.45) is -0.186. The molecule has 1 rings (SSSR count). The second-order valence-corrected chi connectivity index (χ2v) is 5.03. The van der Waals surface area contributed by atoms with Crippen molar-refractivity contribution in [3.63, 3.8) is 0 Å². The first-order chi connectivity index (χ1) is 7.77.